The topological polar surface area (TPSA) is 85.6 Å². The number of carbonyl (C=O) groups is 1. The van der Waals surface area contributed by atoms with Gasteiger partial charge in [-0.1, -0.05) is 0 Å². The van der Waals surface area contributed by atoms with Crippen LogP contribution in [0.15, 0.2) is 18.2 Å². The summed E-state index contributed by atoms with van der Waals surface area (Å²) in [5.41, 5.74) is 2.49. The van der Waals surface area contributed by atoms with Gasteiger partial charge < -0.3 is 14.8 Å². The maximum absolute atomic E-state index is 11.0. The Kier molecular flexibility index (Phi) is 3.75. The van der Waals surface area contributed by atoms with E-state index in [2.05, 4.69) is 5.32 Å². The van der Waals surface area contributed by atoms with E-state index in [-0.39, 0.29) is 0 Å². The molecular weight excluding hydrogens is 198 g/mol. The lowest BCUT2D eigenvalue weighted by Crippen LogP contribution is -2.34. The first-order chi connectivity index (χ1) is 7.19. The van der Waals surface area contributed by atoms with Crippen LogP contribution in [0.4, 0.5) is 10.5 Å². The second-order valence-corrected chi connectivity index (χ2v) is 2.70. The molecule has 0 unspecified atom stereocenters. The van der Waals surface area contributed by atoms with Crippen LogP contribution >= 0.6 is 0 Å². The molecule has 1 aromatic rings. The molecule has 0 aromatic heterocycles. The maximum atomic E-state index is 11.0. The van der Waals surface area contributed by atoms with Gasteiger partial charge in [-0.05, 0) is 0 Å². The van der Waals surface area contributed by atoms with Gasteiger partial charge in [0.05, 0.1) is 14.2 Å². The van der Waals surface area contributed by atoms with Gasteiger partial charge in [0.1, 0.15) is 11.5 Å². The first-order valence-corrected chi connectivity index (χ1v) is 4.20. The average molecular weight is 211 g/mol. The smallest absolute Gasteiger partial charge is 0.333 e. The fraction of sp³-hybridized carbons (Fsp3) is 0.222. The highest BCUT2D eigenvalue weighted by Gasteiger charge is 2.04. The Morgan fingerprint density at radius 1 is 1.20 bits per heavy atom. The Morgan fingerprint density at radius 2 is 1.73 bits per heavy atom. The van der Waals surface area contributed by atoms with Crippen molar-refractivity contribution in [2.75, 3.05) is 19.5 Å². The van der Waals surface area contributed by atoms with Crippen molar-refractivity contribution in [3.63, 3.8) is 0 Å². The van der Waals surface area contributed by atoms with Crippen molar-refractivity contribution in [2.24, 2.45) is 5.84 Å². The molecule has 0 bridgehead atoms. The summed E-state index contributed by atoms with van der Waals surface area (Å²) in [5.74, 6) is 6.11. The summed E-state index contributed by atoms with van der Waals surface area (Å²) >= 11 is 0. The first kappa shape index (κ1) is 11.1. The van der Waals surface area contributed by atoms with E-state index in [4.69, 9.17) is 15.3 Å². The molecule has 0 radical (unpaired) electrons. The first-order valence-electron chi connectivity index (χ1n) is 4.20. The number of carbonyl (C=O) groups excluding carboxylic acids is 1. The molecule has 2 amide bonds. The molecule has 0 heterocycles. The quantitative estimate of drug-likeness (QED) is 0.390. The number of nitrogens with one attached hydrogen (secondary N) is 2. The molecule has 0 saturated carbocycles. The van der Waals surface area contributed by atoms with Crippen molar-refractivity contribution < 1.29 is 14.3 Å². The van der Waals surface area contributed by atoms with Gasteiger partial charge in [-0.3, -0.25) is 5.43 Å². The number of benzene rings is 1. The van der Waals surface area contributed by atoms with Gasteiger partial charge in [0.25, 0.3) is 0 Å². The van der Waals surface area contributed by atoms with Crippen LogP contribution in [0.1, 0.15) is 0 Å². The van der Waals surface area contributed by atoms with Crippen molar-refractivity contribution >= 4 is 11.7 Å². The lowest BCUT2D eigenvalue weighted by atomic mass is 10.3. The van der Waals surface area contributed by atoms with Gasteiger partial charge in [0.15, 0.2) is 0 Å². The van der Waals surface area contributed by atoms with Crippen LogP contribution in [0.5, 0.6) is 11.5 Å². The minimum absolute atomic E-state index is 0.509. The molecule has 6 heteroatoms. The summed E-state index contributed by atoms with van der Waals surface area (Å²) in [4.78, 5) is 11.0. The molecule has 82 valence electrons. The minimum Gasteiger partial charge on any atom is -0.497 e. The second-order valence-electron chi connectivity index (χ2n) is 2.70. The molecule has 4 N–H and O–H groups in total. The van der Waals surface area contributed by atoms with E-state index in [9.17, 15) is 4.79 Å². The van der Waals surface area contributed by atoms with Crippen molar-refractivity contribution in [3.05, 3.63) is 18.2 Å². The van der Waals surface area contributed by atoms with Gasteiger partial charge in [-0.15, -0.1) is 0 Å². The summed E-state index contributed by atoms with van der Waals surface area (Å²) < 4.78 is 10.1. The summed E-state index contributed by atoms with van der Waals surface area (Å²) in [6.07, 6.45) is 0. The van der Waals surface area contributed by atoms with Crippen LogP contribution in [-0.2, 0) is 0 Å². The lowest BCUT2D eigenvalue weighted by Gasteiger charge is -2.09. The van der Waals surface area contributed by atoms with Crippen LogP contribution < -0.4 is 26.1 Å². The number of urea groups is 1. The monoisotopic (exact) mass is 211 g/mol. The SMILES string of the molecule is COc1cc(NC(=O)NN)cc(OC)c1. The molecule has 15 heavy (non-hydrogen) atoms. The van der Waals surface area contributed by atoms with E-state index in [0.717, 1.165) is 0 Å². The third-order valence-electron chi connectivity index (χ3n) is 1.74. The highest BCUT2D eigenvalue weighted by atomic mass is 16.5. The van der Waals surface area contributed by atoms with Gasteiger partial charge in [0, 0.05) is 23.9 Å². The van der Waals surface area contributed by atoms with Gasteiger partial charge in [0.2, 0.25) is 0 Å². The second kappa shape index (κ2) is 5.06. The fourth-order valence-corrected chi connectivity index (χ4v) is 1.05. The number of anilines is 1. The third kappa shape index (κ3) is 3.03. The Labute approximate surface area is 87.3 Å². The number of rotatable bonds is 3. The molecule has 0 spiro atoms. The van der Waals surface area contributed by atoms with Crippen LogP contribution in [0, 0.1) is 0 Å². The Balaban J connectivity index is 2.91. The van der Waals surface area contributed by atoms with Crippen molar-refractivity contribution in [2.45, 2.75) is 0 Å². The highest BCUT2D eigenvalue weighted by Crippen LogP contribution is 2.25. The molecule has 0 saturated heterocycles. The molecule has 0 aliphatic heterocycles. The van der Waals surface area contributed by atoms with Gasteiger partial charge in [-0.2, -0.15) is 0 Å². The summed E-state index contributed by atoms with van der Waals surface area (Å²) in [6, 6.07) is 4.49. The zero-order chi connectivity index (χ0) is 11.3. The van der Waals surface area contributed by atoms with Crippen molar-refractivity contribution in [1.82, 2.24) is 5.43 Å². The maximum Gasteiger partial charge on any atom is 0.333 e. The molecule has 0 atom stereocenters. The van der Waals surface area contributed by atoms with E-state index in [0.29, 0.717) is 17.2 Å². The van der Waals surface area contributed by atoms with Crippen LogP contribution in [0.2, 0.25) is 0 Å². The van der Waals surface area contributed by atoms with Gasteiger partial charge in [-0.25, -0.2) is 10.6 Å². The molecule has 1 aromatic carbocycles. The number of ether oxygens (including phenoxy) is 2. The summed E-state index contributed by atoms with van der Waals surface area (Å²) in [5, 5.41) is 2.51. The number of hydrogen-bond acceptors (Lipinski definition) is 4. The van der Waals surface area contributed by atoms with Crippen molar-refractivity contribution in [3.8, 4) is 11.5 Å². The number of amides is 2. The number of hydrogen-bond donors (Lipinski definition) is 3. The standard InChI is InChI=1S/C9H13N3O3/c1-14-7-3-6(11-9(13)12-10)4-8(5-7)15-2/h3-5H,10H2,1-2H3,(H2,11,12,13). The molecule has 0 fully saturated rings. The number of methoxy groups -OCH3 is 2. The molecule has 0 aliphatic carbocycles. The Bertz CT molecular complexity index is 332. The van der Waals surface area contributed by atoms with Crippen LogP contribution in [0.3, 0.4) is 0 Å². The predicted molar refractivity (Wildman–Crippen MR) is 55.9 cm³/mol. The van der Waals surface area contributed by atoms with Crippen LogP contribution in [0.25, 0.3) is 0 Å². The van der Waals surface area contributed by atoms with E-state index in [1.165, 1.54) is 14.2 Å². The van der Waals surface area contributed by atoms with E-state index < -0.39 is 6.03 Å². The average Bonchev–Trinajstić information content (AvgIpc) is 2.28. The predicted octanol–water partition coefficient (Wildman–Crippen LogP) is 0.699. The van der Waals surface area contributed by atoms with Gasteiger partial charge >= 0.3 is 6.03 Å². The van der Waals surface area contributed by atoms with E-state index in [1.807, 2.05) is 5.43 Å². The zero-order valence-corrected chi connectivity index (χ0v) is 8.53. The molecule has 1 rings (SSSR count). The number of nitrogens with two attached hydrogens (primary N) is 1. The summed E-state index contributed by atoms with van der Waals surface area (Å²) in [6.45, 7) is 0. The fourth-order valence-electron chi connectivity index (χ4n) is 1.05. The molecule has 0 aliphatic rings. The van der Waals surface area contributed by atoms with E-state index >= 15 is 0 Å². The highest BCUT2D eigenvalue weighted by molar-refractivity contribution is 5.89. The molecular formula is C9H13N3O3. The van der Waals surface area contributed by atoms with Crippen molar-refractivity contribution in [1.29, 1.82) is 0 Å². The Morgan fingerprint density at radius 3 is 2.13 bits per heavy atom. The minimum atomic E-state index is -0.509. The number of hydrazine groups is 1. The normalized spacial score (nSPS) is 9.27. The third-order valence-corrected chi connectivity index (χ3v) is 1.74. The lowest BCUT2D eigenvalue weighted by molar-refractivity contribution is 0.252. The zero-order valence-electron chi connectivity index (χ0n) is 8.53. The molecule has 6 nitrogen and oxygen atoms in total. The van der Waals surface area contributed by atoms with E-state index in [1.54, 1.807) is 18.2 Å². The summed E-state index contributed by atoms with van der Waals surface area (Å²) in [7, 11) is 3.06. The Hall–Kier alpha value is -1.95. The van der Waals surface area contributed by atoms with Crippen LogP contribution in [-0.4, -0.2) is 20.3 Å². The largest absolute Gasteiger partial charge is 0.497 e.